The number of rotatable bonds is 6. The maximum atomic E-state index is 12.4. The molecule has 2 N–H and O–H groups in total. The quantitative estimate of drug-likeness (QED) is 0.721. The Hall–Kier alpha value is -3.15. The molecule has 0 saturated heterocycles. The first kappa shape index (κ1) is 16.7. The third-order valence-corrected chi connectivity index (χ3v) is 3.96. The van der Waals surface area contributed by atoms with Crippen molar-refractivity contribution >= 4 is 22.5 Å². The molecule has 0 bridgehead atoms. The number of hydrogen-bond donors (Lipinski definition) is 2. The molecule has 0 aliphatic carbocycles. The number of H-pyrrole nitrogens is 1. The van der Waals surface area contributed by atoms with Gasteiger partial charge in [0.15, 0.2) is 11.5 Å². The summed E-state index contributed by atoms with van der Waals surface area (Å²) in [4.78, 5) is 15.5. The maximum Gasteiger partial charge on any atom is 0.228 e. The number of aromatic nitrogens is 1. The fraction of sp³-hybridized carbons (Fsp3) is 0.211. The van der Waals surface area contributed by atoms with Crippen LogP contribution in [0.2, 0.25) is 0 Å². The van der Waals surface area contributed by atoms with Gasteiger partial charge in [0.2, 0.25) is 11.7 Å². The lowest BCUT2D eigenvalue weighted by molar-refractivity contribution is -0.115. The Morgan fingerprint density at radius 2 is 1.76 bits per heavy atom. The largest absolute Gasteiger partial charge is 0.493 e. The van der Waals surface area contributed by atoms with E-state index in [1.807, 2.05) is 36.4 Å². The van der Waals surface area contributed by atoms with Gasteiger partial charge in [-0.3, -0.25) is 4.79 Å². The Morgan fingerprint density at radius 3 is 2.40 bits per heavy atom. The van der Waals surface area contributed by atoms with Gasteiger partial charge >= 0.3 is 0 Å². The summed E-state index contributed by atoms with van der Waals surface area (Å²) in [7, 11) is 4.69. The first-order valence-electron chi connectivity index (χ1n) is 7.81. The van der Waals surface area contributed by atoms with Crippen LogP contribution in [0.25, 0.3) is 10.9 Å². The van der Waals surface area contributed by atoms with Crippen LogP contribution in [0, 0.1) is 0 Å². The minimum atomic E-state index is -0.107. The van der Waals surface area contributed by atoms with E-state index in [-0.39, 0.29) is 12.3 Å². The number of amides is 1. The first-order valence-corrected chi connectivity index (χ1v) is 7.81. The lowest BCUT2D eigenvalue weighted by Gasteiger charge is -2.14. The third-order valence-electron chi connectivity index (χ3n) is 3.96. The lowest BCUT2D eigenvalue weighted by atomic mass is 10.1. The topological polar surface area (TPSA) is 72.6 Å². The van der Waals surface area contributed by atoms with Gasteiger partial charge in [0.1, 0.15) is 0 Å². The Bertz CT molecular complexity index is 887. The molecule has 2 aromatic carbocycles. The number of carbonyl (C=O) groups excluding carboxylic acids is 1. The van der Waals surface area contributed by atoms with E-state index in [4.69, 9.17) is 14.2 Å². The fourth-order valence-electron chi connectivity index (χ4n) is 2.86. The molecule has 0 saturated carbocycles. The van der Waals surface area contributed by atoms with Gasteiger partial charge in [-0.15, -0.1) is 0 Å². The molecule has 0 aliphatic rings. The van der Waals surface area contributed by atoms with E-state index < -0.39 is 0 Å². The van der Waals surface area contributed by atoms with Crippen molar-refractivity contribution in [3.8, 4) is 17.2 Å². The number of methoxy groups -OCH3 is 3. The number of anilines is 1. The van der Waals surface area contributed by atoms with Crippen molar-refractivity contribution in [3.05, 3.63) is 48.2 Å². The highest BCUT2D eigenvalue weighted by atomic mass is 16.5. The summed E-state index contributed by atoms with van der Waals surface area (Å²) in [5, 5.41) is 3.69. The van der Waals surface area contributed by atoms with E-state index in [0.717, 1.165) is 22.2 Å². The van der Waals surface area contributed by atoms with Crippen LogP contribution >= 0.6 is 0 Å². The molecule has 3 rings (SSSR count). The zero-order valence-electron chi connectivity index (χ0n) is 14.4. The minimum absolute atomic E-state index is 0.107. The van der Waals surface area contributed by atoms with Gasteiger partial charge in [-0.1, -0.05) is 18.2 Å². The zero-order chi connectivity index (χ0) is 17.8. The molecule has 0 atom stereocenters. The number of ether oxygens (including phenoxy) is 3. The molecular formula is C19H20N2O4. The van der Waals surface area contributed by atoms with Crippen LogP contribution in [-0.4, -0.2) is 32.2 Å². The van der Waals surface area contributed by atoms with Gasteiger partial charge in [0, 0.05) is 23.3 Å². The summed E-state index contributed by atoms with van der Waals surface area (Å²) in [5.74, 6) is 1.50. The van der Waals surface area contributed by atoms with E-state index in [1.54, 1.807) is 27.5 Å². The van der Waals surface area contributed by atoms with E-state index in [2.05, 4.69) is 10.3 Å². The summed E-state index contributed by atoms with van der Waals surface area (Å²) < 4.78 is 16.3. The normalized spacial score (nSPS) is 10.5. The summed E-state index contributed by atoms with van der Waals surface area (Å²) in [6, 6.07) is 11.2. The molecule has 1 amide bonds. The van der Waals surface area contributed by atoms with Crippen molar-refractivity contribution in [1.82, 2.24) is 4.98 Å². The first-order chi connectivity index (χ1) is 12.2. The Morgan fingerprint density at radius 1 is 1.04 bits per heavy atom. The van der Waals surface area contributed by atoms with Gasteiger partial charge < -0.3 is 24.5 Å². The van der Waals surface area contributed by atoms with Gasteiger partial charge in [-0.25, -0.2) is 0 Å². The van der Waals surface area contributed by atoms with E-state index in [0.29, 0.717) is 17.2 Å². The Kier molecular flexibility index (Phi) is 4.79. The Labute approximate surface area is 145 Å². The SMILES string of the molecule is COc1cc2[nH]cc(CC(=O)Nc3ccccc3)c2c(OC)c1OC. The Balaban J connectivity index is 1.95. The molecule has 25 heavy (non-hydrogen) atoms. The molecule has 6 heteroatoms. The van der Waals surface area contributed by atoms with Crippen LogP contribution in [0.1, 0.15) is 5.56 Å². The monoisotopic (exact) mass is 340 g/mol. The van der Waals surface area contributed by atoms with Gasteiger partial charge in [-0.2, -0.15) is 0 Å². The maximum absolute atomic E-state index is 12.4. The molecule has 130 valence electrons. The standard InChI is InChI=1S/C19H20N2O4/c1-23-15-10-14-17(19(25-3)18(15)24-2)12(11-20-14)9-16(22)21-13-7-5-4-6-8-13/h4-8,10-11,20H,9H2,1-3H3,(H,21,22). The molecule has 0 aliphatic heterocycles. The van der Waals surface area contributed by atoms with Crippen molar-refractivity contribution in [2.75, 3.05) is 26.6 Å². The average molecular weight is 340 g/mol. The second-order valence-corrected chi connectivity index (χ2v) is 5.47. The summed E-state index contributed by atoms with van der Waals surface area (Å²) >= 11 is 0. The highest BCUT2D eigenvalue weighted by molar-refractivity contribution is 5.99. The molecule has 3 aromatic rings. The number of fused-ring (bicyclic) bond motifs is 1. The van der Waals surface area contributed by atoms with Gasteiger partial charge in [0.05, 0.1) is 33.3 Å². The summed E-state index contributed by atoms with van der Waals surface area (Å²) in [5.41, 5.74) is 2.40. The highest BCUT2D eigenvalue weighted by Crippen LogP contribution is 2.44. The minimum Gasteiger partial charge on any atom is -0.493 e. The predicted molar refractivity (Wildman–Crippen MR) is 96.7 cm³/mol. The predicted octanol–water partition coefficient (Wildman–Crippen LogP) is 3.37. The second kappa shape index (κ2) is 7.17. The van der Waals surface area contributed by atoms with Crippen LogP contribution < -0.4 is 19.5 Å². The summed E-state index contributed by atoms with van der Waals surface area (Å²) in [6.07, 6.45) is 2.01. The van der Waals surface area contributed by atoms with Crippen molar-refractivity contribution in [2.24, 2.45) is 0 Å². The molecular weight excluding hydrogens is 320 g/mol. The van der Waals surface area contributed by atoms with Crippen molar-refractivity contribution in [3.63, 3.8) is 0 Å². The number of nitrogens with one attached hydrogen (secondary N) is 2. The number of benzene rings is 2. The zero-order valence-corrected chi connectivity index (χ0v) is 14.4. The van der Waals surface area contributed by atoms with Crippen LogP contribution in [-0.2, 0) is 11.2 Å². The van der Waals surface area contributed by atoms with Crippen molar-refractivity contribution in [1.29, 1.82) is 0 Å². The van der Waals surface area contributed by atoms with E-state index >= 15 is 0 Å². The van der Waals surface area contributed by atoms with Gasteiger partial charge in [-0.05, 0) is 17.7 Å². The molecule has 0 unspecified atom stereocenters. The van der Waals surface area contributed by atoms with E-state index in [9.17, 15) is 4.79 Å². The number of hydrogen-bond acceptors (Lipinski definition) is 4. The van der Waals surface area contributed by atoms with Crippen LogP contribution in [0.3, 0.4) is 0 Å². The molecule has 0 radical (unpaired) electrons. The molecule has 6 nitrogen and oxygen atoms in total. The van der Waals surface area contributed by atoms with Crippen molar-refractivity contribution in [2.45, 2.75) is 6.42 Å². The third kappa shape index (κ3) is 3.24. The molecule has 1 aromatic heterocycles. The van der Waals surface area contributed by atoms with Gasteiger partial charge in [0.25, 0.3) is 0 Å². The molecule has 1 heterocycles. The van der Waals surface area contributed by atoms with Crippen molar-refractivity contribution < 1.29 is 19.0 Å². The smallest absolute Gasteiger partial charge is 0.228 e. The molecule has 0 fully saturated rings. The summed E-state index contributed by atoms with van der Waals surface area (Å²) in [6.45, 7) is 0. The van der Waals surface area contributed by atoms with Crippen LogP contribution in [0.4, 0.5) is 5.69 Å². The average Bonchev–Trinajstić information content (AvgIpc) is 3.03. The number of carbonyl (C=O) groups is 1. The van der Waals surface area contributed by atoms with Crippen LogP contribution in [0.15, 0.2) is 42.6 Å². The van der Waals surface area contributed by atoms with Crippen LogP contribution in [0.5, 0.6) is 17.2 Å². The highest BCUT2D eigenvalue weighted by Gasteiger charge is 2.20. The molecule has 0 spiro atoms. The van der Waals surface area contributed by atoms with E-state index in [1.165, 1.54) is 0 Å². The number of para-hydroxylation sites is 1. The number of aromatic amines is 1. The second-order valence-electron chi connectivity index (χ2n) is 5.47. The lowest BCUT2D eigenvalue weighted by Crippen LogP contribution is -2.14. The fourth-order valence-corrected chi connectivity index (χ4v) is 2.86.